The second-order valence-electron chi connectivity index (χ2n) is 5.13. The molecule has 0 bridgehead atoms. The van der Waals surface area contributed by atoms with Gasteiger partial charge in [0.05, 0.1) is 0 Å². The molecule has 0 aromatic carbocycles. The molecule has 1 atom stereocenters. The van der Waals surface area contributed by atoms with Crippen LogP contribution >= 0.6 is 12.2 Å². The van der Waals surface area contributed by atoms with Gasteiger partial charge in [-0.1, -0.05) is 24.4 Å². The summed E-state index contributed by atoms with van der Waals surface area (Å²) in [5, 5.41) is 11.5. The Morgan fingerprint density at radius 3 is 2.58 bits per heavy atom. The highest BCUT2D eigenvalue weighted by molar-refractivity contribution is 7.80. The summed E-state index contributed by atoms with van der Waals surface area (Å²) in [5.74, 6) is -1.16. The Bertz CT molecular complexity index is 460. The van der Waals surface area contributed by atoms with Gasteiger partial charge in [-0.3, -0.25) is 0 Å². The maximum Gasteiger partial charge on any atom is 0.408 e. The smallest absolute Gasteiger partial charge is 0.408 e. The number of ether oxygens (including phenoxy) is 1. The number of aliphatic carboxylic acids is 1. The van der Waals surface area contributed by atoms with Crippen LogP contribution in [0.5, 0.6) is 0 Å². The lowest BCUT2D eigenvalue weighted by molar-refractivity contribution is -0.138. The van der Waals surface area contributed by atoms with Crippen LogP contribution in [0, 0.1) is 0 Å². The van der Waals surface area contributed by atoms with Crippen LogP contribution in [0.2, 0.25) is 0 Å². The molecule has 0 saturated heterocycles. The number of rotatable bonds is 3. The summed E-state index contributed by atoms with van der Waals surface area (Å²) < 4.78 is 5.04. The van der Waals surface area contributed by atoms with Crippen molar-refractivity contribution < 1.29 is 19.4 Å². The van der Waals surface area contributed by atoms with Crippen molar-refractivity contribution in [1.82, 2.24) is 5.32 Å². The molecule has 2 N–H and O–H groups in total. The van der Waals surface area contributed by atoms with Crippen molar-refractivity contribution in [3.05, 3.63) is 23.8 Å². The van der Waals surface area contributed by atoms with Crippen molar-refractivity contribution in [3.63, 3.8) is 0 Å². The number of thiocarbonyl (C=S) groups is 1. The third-order valence-electron chi connectivity index (χ3n) is 2.20. The zero-order valence-electron chi connectivity index (χ0n) is 11.1. The molecule has 0 aliphatic heterocycles. The third kappa shape index (κ3) is 5.21. The first-order valence-corrected chi connectivity index (χ1v) is 6.23. The van der Waals surface area contributed by atoms with E-state index in [0.717, 1.165) is 0 Å². The van der Waals surface area contributed by atoms with E-state index in [1.165, 1.54) is 0 Å². The molecule has 0 spiro atoms. The normalized spacial score (nSPS) is 16.6. The van der Waals surface area contributed by atoms with Crippen LogP contribution in [0.4, 0.5) is 4.79 Å². The molecule has 1 aliphatic carbocycles. The van der Waals surface area contributed by atoms with Crippen LogP contribution < -0.4 is 5.32 Å². The van der Waals surface area contributed by atoms with E-state index in [4.69, 9.17) is 17.0 Å². The summed E-state index contributed by atoms with van der Waals surface area (Å²) in [4.78, 5) is 23.5. The predicted octanol–water partition coefficient (Wildman–Crippen LogP) is 2.22. The van der Waals surface area contributed by atoms with Crippen LogP contribution in [-0.2, 0) is 9.53 Å². The number of carboxylic acids is 1. The molecule has 1 aliphatic rings. The molecule has 1 amide bonds. The zero-order chi connectivity index (χ0) is 14.6. The zero-order valence-corrected chi connectivity index (χ0v) is 11.9. The maximum absolute atomic E-state index is 11.6. The number of amides is 1. The summed E-state index contributed by atoms with van der Waals surface area (Å²) in [7, 11) is 0. The largest absolute Gasteiger partial charge is 0.479 e. The van der Waals surface area contributed by atoms with E-state index in [1.54, 1.807) is 39.0 Å². The number of carbonyl (C=O) groups is 2. The van der Waals surface area contributed by atoms with Crippen molar-refractivity contribution in [3.8, 4) is 0 Å². The van der Waals surface area contributed by atoms with E-state index in [0.29, 0.717) is 16.9 Å². The van der Waals surface area contributed by atoms with Gasteiger partial charge in [-0.2, -0.15) is 0 Å². The minimum atomic E-state index is -1.16. The molecule has 0 aromatic heterocycles. The minimum absolute atomic E-state index is 0.439. The van der Waals surface area contributed by atoms with E-state index < -0.39 is 23.7 Å². The summed E-state index contributed by atoms with van der Waals surface area (Å²) in [6.45, 7) is 5.12. The molecule has 6 heteroatoms. The third-order valence-corrected chi connectivity index (χ3v) is 2.48. The number of hydrogen-bond donors (Lipinski definition) is 2. The first kappa shape index (κ1) is 15.4. The van der Waals surface area contributed by atoms with Crippen molar-refractivity contribution in [2.45, 2.75) is 38.8 Å². The van der Waals surface area contributed by atoms with Crippen molar-refractivity contribution >= 4 is 29.1 Å². The van der Waals surface area contributed by atoms with Crippen LogP contribution in [0.3, 0.4) is 0 Å². The molecule has 0 fully saturated rings. The second kappa shape index (κ2) is 5.97. The van der Waals surface area contributed by atoms with Gasteiger partial charge in [-0.25, -0.2) is 9.59 Å². The SMILES string of the molecule is CC(C)(C)OC(=O)N[C@@H](C(=O)O)C1=CC(=S)CC=C1. The van der Waals surface area contributed by atoms with Crippen molar-refractivity contribution in [2.75, 3.05) is 0 Å². The summed E-state index contributed by atoms with van der Waals surface area (Å²) >= 11 is 5.03. The topological polar surface area (TPSA) is 75.6 Å². The van der Waals surface area contributed by atoms with E-state index in [1.807, 2.05) is 0 Å². The van der Waals surface area contributed by atoms with E-state index >= 15 is 0 Å². The Hall–Kier alpha value is -1.69. The van der Waals surface area contributed by atoms with Gasteiger partial charge >= 0.3 is 12.1 Å². The van der Waals surface area contributed by atoms with Gasteiger partial charge < -0.3 is 15.2 Å². The quantitative estimate of drug-likeness (QED) is 0.777. The van der Waals surface area contributed by atoms with Crippen LogP contribution in [0.25, 0.3) is 0 Å². The number of allylic oxidation sites excluding steroid dienone is 2. The molecular formula is C13H17NO4S. The highest BCUT2D eigenvalue weighted by Crippen LogP contribution is 2.14. The molecule has 0 heterocycles. The Balaban J connectivity index is 2.80. The summed E-state index contributed by atoms with van der Waals surface area (Å²) in [6, 6.07) is -1.16. The molecule has 0 aromatic rings. The summed E-state index contributed by atoms with van der Waals surface area (Å²) in [6.07, 6.45) is 4.84. The number of hydrogen-bond acceptors (Lipinski definition) is 4. The molecule has 1 rings (SSSR count). The predicted molar refractivity (Wildman–Crippen MR) is 75.2 cm³/mol. The first-order valence-electron chi connectivity index (χ1n) is 5.82. The molecule has 0 radical (unpaired) electrons. The Labute approximate surface area is 117 Å². The highest BCUT2D eigenvalue weighted by atomic mass is 32.1. The lowest BCUT2D eigenvalue weighted by atomic mass is 10.0. The van der Waals surface area contributed by atoms with E-state index in [2.05, 4.69) is 5.32 Å². The van der Waals surface area contributed by atoms with Crippen molar-refractivity contribution in [2.24, 2.45) is 0 Å². The van der Waals surface area contributed by atoms with Crippen LogP contribution in [0.1, 0.15) is 27.2 Å². The average molecular weight is 283 g/mol. The number of alkyl carbamates (subject to hydrolysis) is 1. The highest BCUT2D eigenvalue weighted by Gasteiger charge is 2.26. The Kier molecular flexibility index (Phi) is 4.83. The van der Waals surface area contributed by atoms with Crippen LogP contribution in [-0.4, -0.2) is 33.7 Å². The number of carboxylic acid groups (broad SMARTS) is 1. The molecule has 104 valence electrons. The maximum atomic E-state index is 11.6. The standard InChI is InChI=1S/C13H17NO4S/c1-13(2,3)18-12(17)14-10(11(15)16)8-5-4-6-9(19)7-8/h4-5,7,10H,6H2,1-3H3,(H,14,17)(H,15,16)/t10-/m1/s1. The van der Waals surface area contributed by atoms with Gasteiger partial charge in [0.15, 0.2) is 6.04 Å². The van der Waals surface area contributed by atoms with Gasteiger partial charge in [-0.05, 0) is 32.4 Å². The minimum Gasteiger partial charge on any atom is -0.479 e. The molecular weight excluding hydrogens is 266 g/mol. The lowest BCUT2D eigenvalue weighted by Gasteiger charge is -2.23. The van der Waals surface area contributed by atoms with Gasteiger partial charge in [0.2, 0.25) is 0 Å². The first-order chi connectivity index (χ1) is 8.69. The van der Waals surface area contributed by atoms with Crippen molar-refractivity contribution in [1.29, 1.82) is 0 Å². The molecule has 5 nitrogen and oxygen atoms in total. The monoisotopic (exact) mass is 283 g/mol. The van der Waals surface area contributed by atoms with Gasteiger partial charge in [-0.15, -0.1) is 0 Å². The fraction of sp³-hybridized carbons (Fsp3) is 0.462. The second-order valence-corrected chi connectivity index (χ2v) is 5.66. The number of nitrogens with one attached hydrogen (secondary N) is 1. The average Bonchev–Trinajstić information content (AvgIpc) is 2.23. The van der Waals surface area contributed by atoms with Gasteiger partial charge in [0.1, 0.15) is 5.60 Å². The molecule has 0 saturated carbocycles. The molecule has 0 unspecified atom stereocenters. The summed E-state index contributed by atoms with van der Waals surface area (Å²) in [5.41, 5.74) is -0.242. The van der Waals surface area contributed by atoms with Gasteiger partial charge in [0, 0.05) is 11.3 Å². The number of carbonyl (C=O) groups excluding carboxylic acids is 1. The molecule has 19 heavy (non-hydrogen) atoms. The Morgan fingerprint density at radius 1 is 1.47 bits per heavy atom. The fourth-order valence-corrected chi connectivity index (χ4v) is 1.73. The van der Waals surface area contributed by atoms with Gasteiger partial charge in [0.25, 0.3) is 0 Å². The lowest BCUT2D eigenvalue weighted by Crippen LogP contribution is -2.44. The van der Waals surface area contributed by atoms with Crippen LogP contribution in [0.15, 0.2) is 23.8 Å². The fourth-order valence-electron chi connectivity index (χ4n) is 1.50. The van der Waals surface area contributed by atoms with E-state index in [-0.39, 0.29) is 0 Å². The van der Waals surface area contributed by atoms with E-state index in [9.17, 15) is 14.7 Å². The Morgan fingerprint density at radius 2 is 2.11 bits per heavy atom.